The van der Waals surface area contributed by atoms with Gasteiger partial charge >= 0.3 is 0 Å². The molecule has 27 heavy (non-hydrogen) atoms. The van der Waals surface area contributed by atoms with Crippen molar-refractivity contribution < 1.29 is 0 Å². The highest BCUT2D eigenvalue weighted by Crippen LogP contribution is 2.46. The van der Waals surface area contributed by atoms with Crippen LogP contribution in [0.4, 0.5) is 5.82 Å². The Balaban J connectivity index is 1.43. The predicted octanol–water partition coefficient (Wildman–Crippen LogP) is 5.14. The van der Waals surface area contributed by atoms with Gasteiger partial charge in [0.2, 0.25) is 5.65 Å². The third-order valence-corrected chi connectivity index (χ3v) is 7.01. The van der Waals surface area contributed by atoms with E-state index in [0.717, 1.165) is 46.3 Å². The molecule has 5 rings (SSSR count). The summed E-state index contributed by atoms with van der Waals surface area (Å²) in [4.78, 5) is 11.9. The summed E-state index contributed by atoms with van der Waals surface area (Å²) in [5.74, 6) is 0.941. The maximum Gasteiger partial charge on any atom is 0.202 e. The molecule has 2 aromatic heterocycles. The lowest BCUT2D eigenvalue weighted by atomic mass is 9.77. The summed E-state index contributed by atoms with van der Waals surface area (Å²) in [6.07, 6.45) is 10.1. The standard InChI is InChI=1S/C21H24ClN5/c1-14-15(5-4-6-16(14)22)18-19-20(26-25-18)24-17(13-23-19)27-11-9-21(10-12-27)7-2-3-8-21/h4-6,13H,2-3,7-12H2,1H3,(H,24,25,26). The fourth-order valence-electron chi connectivity index (χ4n) is 4.84. The number of aromatic amines is 1. The maximum atomic E-state index is 6.28. The van der Waals surface area contributed by atoms with Crippen LogP contribution in [0.15, 0.2) is 24.4 Å². The molecular formula is C21H24ClN5. The van der Waals surface area contributed by atoms with Gasteiger partial charge in [0.15, 0.2) is 0 Å². The van der Waals surface area contributed by atoms with Crippen LogP contribution in [0.5, 0.6) is 0 Å². The van der Waals surface area contributed by atoms with Crippen molar-refractivity contribution in [2.45, 2.75) is 45.4 Å². The topological polar surface area (TPSA) is 57.7 Å². The normalized spacial score (nSPS) is 19.3. The largest absolute Gasteiger partial charge is 0.355 e. The number of aromatic nitrogens is 4. The Hall–Kier alpha value is -2.14. The highest BCUT2D eigenvalue weighted by molar-refractivity contribution is 6.31. The lowest BCUT2D eigenvalue weighted by Gasteiger charge is -2.39. The first-order valence-electron chi connectivity index (χ1n) is 9.87. The second-order valence-electron chi connectivity index (χ2n) is 8.11. The van der Waals surface area contributed by atoms with E-state index < -0.39 is 0 Å². The van der Waals surface area contributed by atoms with Crippen LogP contribution < -0.4 is 4.90 Å². The summed E-state index contributed by atoms with van der Waals surface area (Å²) in [5, 5.41) is 8.28. The number of benzene rings is 1. The molecule has 5 nitrogen and oxygen atoms in total. The molecule has 3 aromatic rings. The number of nitrogens with one attached hydrogen (secondary N) is 1. The molecule has 0 unspecified atom stereocenters. The van der Waals surface area contributed by atoms with Gasteiger partial charge in [-0.25, -0.2) is 9.97 Å². The molecule has 1 spiro atoms. The van der Waals surface area contributed by atoms with Crippen LogP contribution in [-0.2, 0) is 0 Å². The van der Waals surface area contributed by atoms with E-state index in [1.165, 1.54) is 38.5 Å². The van der Waals surface area contributed by atoms with Crippen LogP contribution in [0.3, 0.4) is 0 Å². The lowest BCUT2D eigenvalue weighted by Crippen LogP contribution is -2.39. The first-order valence-corrected chi connectivity index (χ1v) is 10.2. The molecule has 140 valence electrons. The Morgan fingerprint density at radius 3 is 2.67 bits per heavy atom. The SMILES string of the molecule is Cc1c(Cl)cccc1-c1[nH]nc2nc(N3CCC4(CCCC4)CC3)cnc12. The van der Waals surface area contributed by atoms with Crippen molar-refractivity contribution in [3.63, 3.8) is 0 Å². The molecular weight excluding hydrogens is 358 g/mol. The van der Waals surface area contributed by atoms with Gasteiger partial charge < -0.3 is 4.90 Å². The molecule has 3 heterocycles. The number of halogens is 1. The minimum atomic E-state index is 0.609. The summed E-state index contributed by atoms with van der Waals surface area (Å²) in [6, 6.07) is 5.89. The Bertz CT molecular complexity index is 979. The second kappa shape index (κ2) is 6.48. The summed E-state index contributed by atoms with van der Waals surface area (Å²) >= 11 is 6.28. The average molecular weight is 382 g/mol. The van der Waals surface area contributed by atoms with Gasteiger partial charge in [0, 0.05) is 23.7 Å². The molecule has 1 saturated carbocycles. The Kier molecular flexibility index (Phi) is 4.08. The van der Waals surface area contributed by atoms with Gasteiger partial charge in [-0.3, -0.25) is 5.10 Å². The van der Waals surface area contributed by atoms with Crippen LogP contribution in [0, 0.1) is 12.3 Å². The van der Waals surface area contributed by atoms with E-state index in [9.17, 15) is 0 Å². The molecule has 0 bridgehead atoms. The predicted molar refractivity (Wildman–Crippen MR) is 109 cm³/mol. The van der Waals surface area contributed by atoms with Crippen molar-refractivity contribution in [3.05, 3.63) is 35.0 Å². The summed E-state index contributed by atoms with van der Waals surface area (Å²) < 4.78 is 0. The van der Waals surface area contributed by atoms with Gasteiger partial charge in [-0.05, 0) is 49.7 Å². The van der Waals surface area contributed by atoms with Crippen LogP contribution in [0.1, 0.15) is 44.1 Å². The average Bonchev–Trinajstić information content (AvgIpc) is 3.31. The zero-order valence-electron chi connectivity index (χ0n) is 15.6. The first-order chi connectivity index (χ1) is 13.2. The summed E-state index contributed by atoms with van der Waals surface area (Å²) in [7, 11) is 0. The molecule has 0 atom stereocenters. The summed E-state index contributed by atoms with van der Waals surface area (Å²) in [5.41, 5.74) is 5.00. The smallest absolute Gasteiger partial charge is 0.202 e. The van der Waals surface area contributed by atoms with Gasteiger partial charge in [0.05, 0.1) is 11.9 Å². The lowest BCUT2D eigenvalue weighted by molar-refractivity contribution is 0.226. The van der Waals surface area contributed by atoms with Crippen LogP contribution >= 0.6 is 11.6 Å². The third-order valence-electron chi connectivity index (χ3n) is 6.60. The number of nitrogens with zero attached hydrogens (tertiary/aromatic N) is 4. The molecule has 1 saturated heterocycles. The molecule has 0 amide bonds. The monoisotopic (exact) mass is 381 g/mol. The van der Waals surface area contributed by atoms with Gasteiger partial charge in [0.25, 0.3) is 0 Å². The van der Waals surface area contributed by atoms with E-state index in [4.69, 9.17) is 21.6 Å². The molecule has 1 aliphatic heterocycles. The van der Waals surface area contributed by atoms with Crippen molar-refractivity contribution in [3.8, 4) is 11.3 Å². The van der Waals surface area contributed by atoms with E-state index in [1.807, 2.05) is 31.3 Å². The number of rotatable bonds is 2. The number of piperidine rings is 1. The summed E-state index contributed by atoms with van der Waals surface area (Å²) in [6.45, 7) is 4.16. The number of anilines is 1. The van der Waals surface area contributed by atoms with E-state index in [0.29, 0.717) is 11.1 Å². The fraction of sp³-hybridized carbons (Fsp3) is 0.476. The Labute approximate surface area is 164 Å². The third kappa shape index (κ3) is 2.89. The minimum Gasteiger partial charge on any atom is -0.355 e. The van der Waals surface area contributed by atoms with Crippen LogP contribution in [-0.4, -0.2) is 33.3 Å². The quantitative estimate of drug-likeness (QED) is 0.667. The number of hydrogen-bond donors (Lipinski definition) is 1. The first kappa shape index (κ1) is 17.0. The number of H-pyrrole nitrogens is 1. The Morgan fingerprint density at radius 1 is 1.11 bits per heavy atom. The Morgan fingerprint density at radius 2 is 1.89 bits per heavy atom. The number of fused-ring (bicyclic) bond motifs is 1. The van der Waals surface area contributed by atoms with Crippen molar-refractivity contribution in [1.29, 1.82) is 0 Å². The van der Waals surface area contributed by atoms with E-state index in [2.05, 4.69) is 15.1 Å². The highest BCUT2D eigenvalue weighted by atomic mass is 35.5. The molecule has 1 aromatic carbocycles. The van der Waals surface area contributed by atoms with E-state index in [-0.39, 0.29) is 0 Å². The number of hydrogen-bond acceptors (Lipinski definition) is 4. The molecule has 1 N–H and O–H groups in total. The molecule has 2 fully saturated rings. The van der Waals surface area contributed by atoms with Gasteiger partial charge in [-0.2, -0.15) is 5.10 Å². The molecule has 1 aliphatic carbocycles. The minimum absolute atomic E-state index is 0.609. The van der Waals surface area contributed by atoms with Crippen molar-refractivity contribution in [2.24, 2.45) is 5.41 Å². The zero-order chi connectivity index (χ0) is 18.4. The van der Waals surface area contributed by atoms with Crippen molar-refractivity contribution in [2.75, 3.05) is 18.0 Å². The molecule has 6 heteroatoms. The van der Waals surface area contributed by atoms with Crippen LogP contribution in [0.25, 0.3) is 22.4 Å². The zero-order valence-corrected chi connectivity index (χ0v) is 16.4. The highest BCUT2D eigenvalue weighted by Gasteiger charge is 2.37. The second-order valence-corrected chi connectivity index (χ2v) is 8.51. The van der Waals surface area contributed by atoms with Gasteiger partial charge in [0.1, 0.15) is 11.3 Å². The van der Waals surface area contributed by atoms with Crippen molar-refractivity contribution in [1.82, 2.24) is 20.2 Å². The molecule has 0 radical (unpaired) electrons. The molecule has 2 aliphatic rings. The maximum absolute atomic E-state index is 6.28. The van der Waals surface area contributed by atoms with Crippen LogP contribution in [0.2, 0.25) is 5.02 Å². The fourth-order valence-corrected chi connectivity index (χ4v) is 5.01. The van der Waals surface area contributed by atoms with E-state index in [1.54, 1.807) is 0 Å². The van der Waals surface area contributed by atoms with E-state index >= 15 is 0 Å². The van der Waals surface area contributed by atoms with Gasteiger partial charge in [-0.1, -0.05) is 36.6 Å². The van der Waals surface area contributed by atoms with Crippen molar-refractivity contribution >= 4 is 28.6 Å². The van der Waals surface area contributed by atoms with Gasteiger partial charge in [-0.15, -0.1) is 0 Å².